The Labute approximate surface area is 267 Å². The number of anilines is 3. The number of benzene rings is 3. The van der Waals surface area contributed by atoms with Gasteiger partial charge in [0.2, 0.25) is 0 Å². The first-order chi connectivity index (χ1) is 22.4. The van der Waals surface area contributed by atoms with Gasteiger partial charge in [0.05, 0.1) is 11.1 Å². The zero-order valence-corrected chi connectivity index (χ0v) is 25.9. The number of nitrogens with zero attached hydrogens (tertiary/aromatic N) is 3. The van der Waals surface area contributed by atoms with Gasteiger partial charge >= 0.3 is 0 Å². The molecule has 0 radical (unpaired) electrons. The highest BCUT2D eigenvalue weighted by Gasteiger charge is 2.30. The molecule has 242 valence electrons. The van der Waals surface area contributed by atoms with Crippen LogP contribution in [0.4, 0.5) is 26.0 Å². The summed E-state index contributed by atoms with van der Waals surface area (Å²) in [6.07, 6.45) is 5.46. The van der Waals surface area contributed by atoms with E-state index in [4.69, 9.17) is 10.5 Å². The number of carbonyl (C=O) groups is 1. The van der Waals surface area contributed by atoms with E-state index in [1.165, 1.54) is 18.6 Å². The zero-order chi connectivity index (χ0) is 31.6. The Balaban J connectivity index is 1.10. The predicted octanol–water partition coefficient (Wildman–Crippen LogP) is 5.28. The number of amides is 1. The first kappa shape index (κ1) is 30.6. The predicted molar refractivity (Wildman–Crippen MR) is 177 cm³/mol. The molecule has 9 nitrogen and oxygen atoms in total. The van der Waals surface area contributed by atoms with Crippen LogP contribution in [-0.4, -0.2) is 78.5 Å². The summed E-state index contributed by atoms with van der Waals surface area (Å²) in [5, 5.41) is 14.7. The Morgan fingerprint density at radius 2 is 1.72 bits per heavy atom. The lowest BCUT2D eigenvalue weighted by Gasteiger charge is -2.39. The maximum absolute atomic E-state index is 13.8. The number of aromatic nitrogens is 2. The number of nitrogens with one attached hydrogen (secondary N) is 3. The van der Waals surface area contributed by atoms with Gasteiger partial charge in [-0.1, -0.05) is 6.07 Å². The third-order valence-corrected chi connectivity index (χ3v) is 9.66. The first-order valence-electron chi connectivity index (χ1n) is 16.3. The van der Waals surface area contributed by atoms with Gasteiger partial charge in [-0.2, -0.15) is 5.10 Å². The van der Waals surface area contributed by atoms with Gasteiger partial charge in [0.15, 0.2) is 5.82 Å². The fourth-order valence-electron chi connectivity index (χ4n) is 7.17. The van der Waals surface area contributed by atoms with Crippen molar-refractivity contribution < 1.29 is 18.3 Å². The van der Waals surface area contributed by atoms with E-state index in [0.29, 0.717) is 48.7 Å². The number of fused-ring (bicyclic) bond motifs is 1. The molecule has 0 bridgehead atoms. The highest BCUT2D eigenvalue weighted by atomic mass is 19.1. The average Bonchev–Trinajstić information content (AvgIpc) is 3.67. The standard InChI is InChI=1S/C35H41F2N7O2/c36-24-16-23(17-25(37)19-24)15-22-1-6-32-31(18-22)34(42-41-32)40-35(45)30-5-4-29(21-33(30)39-27-7-13-46-14-8-27)44-11-9-43(10-12-44)28-3-2-26(38)20-28/h1,4-6,16-19,21,26-28,39H,2-3,7-15,20,38H2,(H2,40,41,42,45). The van der Waals surface area contributed by atoms with Crippen LogP contribution in [0.2, 0.25) is 0 Å². The van der Waals surface area contributed by atoms with Gasteiger partial charge < -0.3 is 26.0 Å². The number of hydrogen-bond acceptors (Lipinski definition) is 7. The van der Waals surface area contributed by atoms with Crippen molar-refractivity contribution in [1.29, 1.82) is 0 Å². The van der Waals surface area contributed by atoms with Gasteiger partial charge in [-0.15, -0.1) is 0 Å². The van der Waals surface area contributed by atoms with E-state index in [-0.39, 0.29) is 11.9 Å². The number of hydrogen-bond donors (Lipinski definition) is 4. The molecule has 1 saturated carbocycles. The number of nitrogens with two attached hydrogens (primary N) is 1. The molecule has 2 saturated heterocycles. The van der Waals surface area contributed by atoms with Crippen molar-refractivity contribution in [1.82, 2.24) is 15.1 Å². The number of carbonyl (C=O) groups excluding carboxylic acids is 1. The largest absolute Gasteiger partial charge is 0.381 e. The summed E-state index contributed by atoms with van der Waals surface area (Å²) in [6, 6.07) is 16.3. The van der Waals surface area contributed by atoms with Crippen LogP contribution >= 0.6 is 0 Å². The molecule has 7 rings (SSSR count). The van der Waals surface area contributed by atoms with Crippen molar-refractivity contribution in [2.75, 3.05) is 54.9 Å². The van der Waals surface area contributed by atoms with Gasteiger partial charge in [0.25, 0.3) is 5.91 Å². The highest BCUT2D eigenvalue weighted by Crippen LogP contribution is 2.31. The quantitative estimate of drug-likeness (QED) is 0.210. The molecule has 3 fully saturated rings. The summed E-state index contributed by atoms with van der Waals surface area (Å²) < 4.78 is 33.1. The maximum atomic E-state index is 13.8. The molecule has 1 aromatic heterocycles. The molecule has 0 spiro atoms. The molecule has 1 amide bonds. The maximum Gasteiger partial charge on any atom is 0.258 e. The van der Waals surface area contributed by atoms with Crippen molar-refractivity contribution in [3.8, 4) is 0 Å². The van der Waals surface area contributed by atoms with Gasteiger partial charge in [-0.3, -0.25) is 14.8 Å². The van der Waals surface area contributed by atoms with E-state index < -0.39 is 11.6 Å². The molecule has 11 heteroatoms. The van der Waals surface area contributed by atoms with E-state index in [0.717, 1.165) is 85.8 Å². The Morgan fingerprint density at radius 1 is 0.935 bits per heavy atom. The minimum atomic E-state index is -0.611. The number of rotatable bonds is 8. The van der Waals surface area contributed by atoms with E-state index >= 15 is 0 Å². The van der Waals surface area contributed by atoms with Crippen molar-refractivity contribution in [2.24, 2.45) is 5.73 Å². The monoisotopic (exact) mass is 629 g/mol. The normalized spacial score (nSPS) is 21.2. The molecule has 1 aliphatic carbocycles. The molecular formula is C35H41F2N7O2. The Morgan fingerprint density at radius 3 is 2.46 bits per heavy atom. The fraction of sp³-hybridized carbons (Fsp3) is 0.429. The number of aromatic amines is 1. The Kier molecular flexibility index (Phi) is 8.88. The SMILES string of the molecule is NC1CCC(N2CCN(c3ccc(C(=O)Nc4n[nH]c5ccc(Cc6cc(F)cc(F)c6)cc45)c(NC4CCOCC4)c3)CC2)C1. The lowest BCUT2D eigenvalue weighted by atomic mass is 10.0. The zero-order valence-electron chi connectivity index (χ0n) is 25.9. The Hall–Kier alpha value is -4.06. The van der Waals surface area contributed by atoms with Crippen LogP contribution in [-0.2, 0) is 11.2 Å². The Bertz CT molecular complexity index is 1680. The van der Waals surface area contributed by atoms with E-state index in [1.54, 1.807) is 0 Å². The van der Waals surface area contributed by atoms with Gasteiger partial charge in [-0.25, -0.2) is 8.78 Å². The molecule has 4 aromatic rings. The minimum absolute atomic E-state index is 0.209. The summed E-state index contributed by atoms with van der Waals surface area (Å²) in [4.78, 5) is 18.8. The smallest absolute Gasteiger partial charge is 0.258 e. The number of halogens is 2. The van der Waals surface area contributed by atoms with Crippen molar-refractivity contribution in [2.45, 2.75) is 56.7 Å². The van der Waals surface area contributed by atoms with Crippen LogP contribution in [0.5, 0.6) is 0 Å². The summed E-state index contributed by atoms with van der Waals surface area (Å²) in [5.41, 5.74) is 10.7. The summed E-state index contributed by atoms with van der Waals surface area (Å²) >= 11 is 0. The third kappa shape index (κ3) is 6.86. The van der Waals surface area contributed by atoms with Gasteiger partial charge in [-0.05, 0) is 92.1 Å². The second-order valence-corrected chi connectivity index (χ2v) is 12.9. The molecule has 5 N–H and O–H groups in total. The number of H-pyrrole nitrogens is 1. The second kappa shape index (κ2) is 13.4. The average molecular weight is 630 g/mol. The molecule has 2 aliphatic heterocycles. The van der Waals surface area contributed by atoms with E-state index in [1.807, 2.05) is 30.3 Å². The summed E-state index contributed by atoms with van der Waals surface area (Å²) in [7, 11) is 0. The first-order valence-corrected chi connectivity index (χ1v) is 16.3. The third-order valence-electron chi connectivity index (χ3n) is 9.66. The molecule has 3 aliphatic rings. The van der Waals surface area contributed by atoms with Crippen LogP contribution in [0.1, 0.15) is 53.6 Å². The second-order valence-electron chi connectivity index (χ2n) is 12.9. The highest BCUT2D eigenvalue weighted by molar-refractivity contribution is 6.11. The lowest BCUT2D eigenvalue weighted by molar-refractivity contribution is 0.0904. The number of ether oxygens (including phenoxy) is 1. The van der Waals surface area contributed by atoms with Crippen LogP contribution < -0.4 is 21.3 Å². The van der Waals surface area contributed by atoms with Gasteiger partial charge in [0, 0.05) is 80.3 Å². The van der Waals surface area contributed by atoms with Crippen LogP contribution in [0.25, 0.3) is 10.9 Å². The van der Waals surface area contributed by atoms with Crippen molar-refractivity contribution in [3.63, 3.8) is 0 Å². The van der Waals surface area contributed by atoms with E-state index in [2.05, 4.69) is 36.7 Å². The molecule has 2 unspecified atom stereocenters. The molecule has 2 atom stereocenters. The molecule has 3 heterocycles. The molecule has 3 aromatic carbocycles. The lowest BCUT2D eigenvalue weighted by Crippen LogP contribution is -2.50. The summed E-state index contributed by atoms with van der Waals surface area (Å²) in [5.74, 6) is -1.09. The van der Waals surface area contributed by atoms with Crippen LogP contribution in [0.3, 0.4) is 0 Å². The van der Waals surface area contributed by atoms with Crippen LogP contribution in [0.15, 0.2) is 54.6 Å². The van der Waals surface area contributed by atoms with Crippen LogP contribution in [0, 0.1) is 11.6 Å². The number of piperazine rings is 1. The fourth-order valence-corrected chi connectivity index (χ4v) is 7.17. The van der Waals surface area contributed by atoms with E-state index in [9.17, 15) is 13.6 Å². The summed E-state index contributed by atoms with van der Waals surface area (Å²) in [6.45, 7) is 5.25. The molecule has 46 heavy (non-hydrogen) atoms. The minimum Gasteiger partial charge on any atom is -0.381 e. The van der Waals surface area contributed by atoms with Crippen molar-refractivity contribution in [3.05, 3.63) is 82.9 Å². The van der Waals surface area contributed by atoms with Crippen molar-refractivity contribution >= 4 is 34.0 Å². The molecular weight excluding hydrogens is 588 g/mol. The topological polar surface area (TPSA) is 112 Å². The van der Waals surface area contributed by atoms with Gasteiger partial charge in [0.1, 0.15) is 11.6 Å².